The van der Waals surface area contributed by atoms with Gasteiger partial charge < -0.3 is 10.1 Å². The summed E-state index contributed by atoms with van der Waals surface area (Å²) in [5.41, 5.74) is 1.34. The molecule has 3 aromatic rings. The van der Waals surface area contributed by atoms with E-state index in [9.17, 15) is 13.6 Å². The summed E-state index contributed by atoms with van der Waals surface area (Å²) in [5.74, 6) is -1.31. The molecule has 0 atom stereocenters. The maximum Gasteiger partial charge on any atom is 0.226 e. The molecule has 2 aromatic carbocycles. The minimum absolute atomic E-state index is 0.157. The molecule has 124 valence electrons. The number of benzene rings is 2. The van der Waals surface area contributed by atoms with Gasteiger partial charge in [-0.25, -0.2) is 13.8 Å². The van der Waals surface area contributed by atoms with E-state index in [1.54, 1.807) is 13.2 Å². The Morgan fingerprint density at radius 3 is 2.79 bits per heavy atom. The van der Waals surface area contributed by atoms with Crippen LogP contribution in [0.3, 0.4) is 0 Å². The molecule has 0 fully saturated rings. The van der Waals surface area contributed by atoms with Gasteiger partial charge in [0.2, 0.25) is 5.91 Å². The van der Waals surface area contributed by atoms with Crippen LogP contribution < -0.4 is 10.1 Å². The number of fused-ring (bicyclic) bond motifs is 1. The Balaban J connectivity index is 1.63. The van der Waals surface area contributed by atoms with Gasteiger partial charge in [0.05, 0.1) is 17.3 Å². The molecule has 24 heavy (non-hydrogen) atoms. The molecular formula is C17H14F2N2O2S. The second kappa shape index (κ2) is 6.92. The molecule has 0 saturated carbocycles. The van der Waals surface area contributed by atoms with Crippen LogP contribution in [0.1, 0.15) is 12.0 Å². The number of anilines is 1. The summed E-state index contributed by atoms with van der Waals surface area (Å²) in [5, 5.41) is 3.22. The number of nitrogens with zero attached hydrogens (tertiary/aromatic N) is 1. The minimum Gasteiger partial charge on any atom is -0.497 e. The summed E-state index contributed by atoms with van der Waals surface area (Å²) < 4.78 is 32.1. The summed E-state index contributed by atoms with van der Waals surface area (Å²) in [7, 11) is 1.59. The first kappa shape index (κ1) is 16.3. The molecule has 1 heterocycles. The van der Waals surface area contributed by atoms with Crippen LogP contribution in [-0.2, 0) is 11.2 Å². The average molecular weight is 348 g/mol. The highest BCUT2D eigenvalue weighted by Crippen LogP contribution is 2.29. The van der Waals surface area contributed by atoms with Crippen LogP contribution in [0.15, 0.2) is 36.4 Å². The van der Waals surface area contributed by atoms with E-state index in [2.05, 4.69) is 10.3 Å². The molecule has 0 radical (unpaired) electrons. The van der Waals surface area contributed by atoms with Crippen molar-refractivity contribution in [3.05, 3.63) is 53.6 Å². The SMILES string of the molecule is COc1ccc2nc(NC(=O)CCc3ccc(F)c(F)c3)sc2c1. The van der Waals surface area contributed by atoms with Gasteiger partial charge in [0.1, 0.15) is 5.75 Å². The van der Waals surface area contributed by atoms with E-state index < -0.39 is 11.6 Å². The van der Waals surface area contributed by atoms with Crippen LogP contribution >= 0.6 is 11.3 Å². The Bertz CT molecular complexity index is 895. The Morgan fingerprint density at radius 2 is 2.04 bits per heavy atom. The lowest BCUT2D eigenvalue weighted by atomic mass is 10.1. The normalized spacial score (nSPS) is 10.8. The number of amides is 1. The van der Waals surface area contributed by atoms with E-state index in [1.165, 1.54) is 17.4 Å². The summed E-state index contributed by atoms with van der Waals surface area (Å²) in [6, 6.07) is 9.11. The number of aryl methyl sites for hydroxylation is 1. The Morgan fingerprint density at radius 1 is 1.21 bits per heavy atom. The zero-order chi connectivity index (χ0) is 17.1. The summed E-state index contributed by atoms with van der Waals surface area (Å²) in [4.78, 5) is 16.3. The largest absolute Gasteiger partial charge is 0.497 e. The average Bonchev–Trinajstić information content (AvgIpc) is 2.97. The second-order valence-corrected chi connectivity index (χ2v) is 6.18. The molecule has 0 spiro atoms. The number of hydrogen-bond acceptors (Lipinski definition) is 4. The highest BCUT2D eigenvalue weighted by Gasteiger charge is 2.10. The molecule has 7 heteroatoms. The number of carbonyl (C=O) groups excluding carboxylic acids is 1. The van der Waals surface area contributed by atoms with Crippen LogP contribution in [0.5, 0.6) is 5.75 Å². The molecule has 1 amide bonds. The molecule has 0 aliphatic carbocycles. The van der Waals surface area contributed by atoms with Gasteiger partial charge in [0, 0.05) is 6.42 Å². The van der Waals surface area contributed by atoms with Crippen molar-refractivity contribution in [2.45, 2.75) is 12.8 Å². The summed E-state index contributed by atoms with van der Waals surface area (Å²) >= 11 is 1.35. The smallest absolute Gasteiger partial charge is 0.226 e. The Hall–Kier alpha value is -2.54. The fraction of sp³-hybridized carbons (Fsp3) is 0.176. The maximum atomic E-state index is 13.1. The van der Waals surface area contributed by atoms with Crippen molar-refractivity contribution < 1.29 is 18.3 Å². The first-order valence-electron chi connectivity index (χ1n) is 7.23. The van der Waals surface area contributed by atoms with Crippen molar-refractivity contribution in [3.8, 4) is 5.75 Å². The van der Waals surface area contributed by atoms with Gasteiger partial charge in [-0.15, -0.1) is 0 Å². The lowest BCUT2D eigenvalue weighted by Gasteiger charge is -2.03. The molecule has 3 rings (SSSR count). The van der Waals surface area contributed by atoms with Crippen LogP contribution in [0, 0.1) is 11.6 Å². The quantitative estimate of drug-likeness (QED) is 0.753. The third-order valence-corrected chi connectivity index (χ3v) is 4.40. The number of halogens is 2. The number of nitrogens with one attached hydrogen (secondary N) is 1. The number of carbonyl (C=O) groups is 1. The number of rotatable bonds is 5. The zero-order valence-electron chi connectivity index (χ0n) is 12.8. The van der Waals surface area contributed by atoms with Gasteiger partial charge in [-0.3, -0.25) is 4.79 Å². The van der Waals surface area contributed by atoms with Gasteiger partial charge in [-0.2, -0.15) is 0 Å². The fourth-order valence-corrected chi connectivity index (χ4v) is 3.13. The molecule has 0 bridgehead atoms. The number of methoxy groups -OCH3 is 1. The van der Waals surface area contributed by atoms with E-state index in [0.717, 1.165) is 28.1 Å². The van der Waals surface area contributed by atoms with Crippen LogP contribution in [0.4, 0.5) is 13.9 Å². The van der Waals surface area contributed by atoms with E-state index >= 15 is 0 Å². The second-order valence-electron chi connectivity index (χ2n) is 5.15. The topological polar surface area (TPSA) is 51.2 Å². The van der Waals surface area contributed by atoms with Crippen molar-refractivity contribution in [3.63, 3.8) is 0 Å². The molecule has 0 saturated heterocycles. The van der Waals surface area contributed by atoms with E-state index in [4.69, 9.17) is 4.74 Å². The highest BCUT2D eigenvalue weighted by atomic mass is 32.1. The standard InChI is InChI=1S/C17H14F2N2O2S/c1-23-11-4-6-14-15(9-11)24-17(20-14)21-16(22)7-3-10-2-5-12(18)13(19)8-10/h2,4-6,8-9H,3,7H2,1H3,(H,20,21,22). The summed E-state index contributed by atoms with van der Waals surface area (Å²) in [6.45, 7) is 0. The first-order chi connectivity index (χ1) is 11.5. The van der Waals surface area contributed by atoms with Crippen molar-refractivity contribution in [2.75, 3.05) is 12.4 Å². The van der Waals surface area contributed by atoms with Crippen LogP contribution in [0.2, 0.25) is 0 Å². The Labute approximate surface area is 141 Å². The third kappa shape index (κ3) is 3.68. The zero-order valence-corrected chi connectivity index (χ0v) is 13.6. The van der Waals surface area contributed by atoms with E-state index in [-0.39, 0.29) is 12.3 Å². The van der Waals surface area contributed by atoms with Crippen molar-refractivity contribution >= 4 is 32.6 Å². The third-order valence-electron chi connectivity index (χ3n) is 3.47. The number of hydrogen-bond donors (Lipinski definition) is 1. The summed E-state index contributed by atoms with van der Waals surface area (Å²) in [6.07, 6.45) is 0.478. The predicted molar refractivity (Wildman–Crippen MR) is 89.5 cm³/mol. The van der Waals surface area contributed by atoms with Gasteiger partial charge in [-0.05, 0) is 42.3 Å². The van der Waals surface area contributed by atoms with Gasteiger partial charge in [0.25, 0.3) is 0 Å². The van der Waals surface area contributed by atoms with Crippen molar-refractivity contribution in [2.24, 2.45) is 0 Å². The van der Waals surface area contributed by atoms with Crippen molar-refractivity contribution in [1.29, 1.82) is 0 Å². The molecular weight excluding hydrogens is 334 g/mol. The van der Waals surface area contributed by atoms with Crippen LogP contribution in [0.25, 0.3) is 10.2 Å². The first-order valence-corrected chi connectivity index (χ1v) is 8.05. The maximum absolute atomic E-state index is 13.1. The van der Waals surface area contributed by atoms with Crippen LogP contribution in [-0.4, -0.2) is 18.0 Å². The lowest BCUT2D eigenvalue weighted by Crippen LogP contribution is -2.12. The lowest BCUT2D eigenvalue weighted by molar-refractivity contribution is -0.116. The van der Waals surface area contributed by atoms with Gasteiger partial charge in [-0.1, -0.05) is 17.4 Å². The minimum atomic E-state index is -0.909. The number of ether oxygens (including phenoxy) is 1. The molecule has 0 aliphatic heterocycles. The van der Waals surface area contributed by atoms with Crippen molar-refractivity contribution in [1.82, 2.24) is 4.98 Å². The highest BCUT2D eigenvalue weighted by molar-refractivity contribution is 7.22. The molecule has 0 aliphatic rings. The fourth-order valence-electron chi connectivity index (χ4n) is 2.22. The Kier molecular flexibility index (Phi) is 4.71. The molecule has 4 nitrogen and oxygen atoms in total. The molecule has 1 N–H and O–H groups in total. The van der Waals surface area contributed by atoms with Gasteiger partial charge >= 0.3 is 0 Å². The molecule has 1 aromatic heterocycles. The number of thiazole rings is 1. The van der Waals surface area contributed by atoms with E-state index in [1.807, 2.05) is 12.1 Å². The monoisotopic (exact) mass is 348 g/mol. The van der Waals surface area contributed by atoms with Gasteiger partial charge in [0.15, 0.2) is 16.8 Å². The predicted octanol–water partition coefficient (Wildman–Crippen LogP) is 4.15. The number of aromatic nitrogens is 1. The van der Waals surface area contributed by atoms with E-state index in [0.29, 0.717) is 17.1 Å². The molecule has 0 unspecified atom stereocenters.